The Kier molecular flexibility index (Phi) is 12.4. The molecule has 4 fully saturated rings. The second kappa shape index (κ2) is 18.2. The number of hydrogen-bond donors (Lipinski definition) is 1. The van der Waals surface area contributed by atoms with Crippen molar-refractivity contribution in [3.05, 3.63) is 106 Å². The summed E-state index contributed by atoms with van der Waals surface area (Å²) in [5.41, 5.74) is 4.39. The van der Waals surface area contributed by atoms with Crippen molar-refractivity contribution in [2.75, 3.05) is 68.7 Å². The number of aromatic nitrogens is 3. The number of halogens is 1. The molecule has 63 heavy (non-hydrogen) atoms. The Balaban J connectivity index is 0.692. The van der Waals surface area contributed by atoms with E-state index in [-0.39, 0.29) is 23.7 Å². The third kappa shape index (κ3) is 9.37. The Labute approximate surface area is 374 Å². The number of pyridine rings is 1. The predicted molar refractivity (Wildman–Crippen MR) is 240 cm³/mol. The lowest BCUT2D eigenvalue weighted by atomic mass is 9.78. The smallest absolute Gasteiger partial charge is 0.256 e. The summed E-state index contributed by atoms with van der Waals surface area (Å²) in [6.07, 6.45) is 7.07. The molecule has 9 rings (SSSR count). The number of piperidine rings is 3. The van der Waals surface area contributed by atoms with Gasteiger partial charge in [-0.2, -0.15) is 5.26 Å². The predicted octanol–water partition coefficient (Wildman–Crippen LogP) is 5.57. The first kappa shape index (κ1) is 42.7. The third-order valence-electron chi connectivity index (χ3n) is 13.9. The highest BCUT2D eigenvalue weighted by atomic mass is 35.5. The summed E-state index contributed by atoms with van der Waals surface area (Å²) < 4.78 is 6.17. The fourth-order valence-corrected chi connectivity index (χ4v) is 10.2. The van der Waals surface area contributed by atoms with Crippen molar-refractivity contribution >= 4 is 41.1 Å². The molecule has 0 radical (unpaired) electrons. The van der Waals surface area contributed by atoms with Crippen LogP contribution in [0.15, 0.2) is 66.9 Å². The van der Waals surface area contributed by atoms with Crippen molar-refractivity contribution < 1.29 is 19.1 Å². The fourth-order valence-electron chi connectivity index (χ4n) is 9.98. The molecule has 4 saturated heterocycles. The van der Waals surface area contributed by atoms with Crippen LogP contribution in [0.3, 0.4) is 0 Å². The van der Waals surface area contributed by atoms with Crippen molar-refractivity contribution in [1.82, 2.24) is 35.0 Å². The van der Waals surface area contributed by atoms with Gasteiger partial charge in [0, 0.05) is 74.9 Å². The zero-order valence-corrected chi connectivity index (χ0v) is 36.9. The Morgan fingerprint density at radius 1 is 0.841 bits per heavy atom. The number of rotatable bonds is 11. The van der Waals surface area contributed by atoms with Crippen molar-refractivity contribution in [1.29, 1.82) is 5.26 Å². The van der Waals surface area contributed by atoms with Gasteiger partial charge < -0.3 is 24.3 Å². The molecule has 1 N–H and O–H groups in total. The van der Waals surface area contributed by atoms with Crippen LogP contribution in [0.2, 0.25) is 5.02 Å². The zero-order chi connectivity index (χ0) is 43.7. The van der Waals surface area contributed by atoms with Crippen LogP contribution in [0.25, 0.3) is 0 Å². The largest absolute Gasteiger partial charge is 0.487 e. The number of carbonyl (C=O) groups excluding carboxylic acids is 3. The highest BCUT2D eigenvalue weighted by Crippen LogP contribution is 2.35. The van der Waals surface area contributed by atoms with Crippen LogP contribution in [-0.4, -0.2) is 118 Å². The standard InChI is InChI=1S/C48H55ClN10O4/c1-48(2,35-25-33(28-50)26-36(49)27-35)34-3-5-39(6-4-34)63-31-37-11-16-51-47(52-37)58-19-14-38(15-20-58)56-17-12-32(13-18-56)29-55-21-23-57(24-22-55)43-9-7-40-41(53-43)30-59(46(40)62)42-8-10-44(60)54-45(42)61/h3-7,9,11,16,25-27,32,38,42H,8,10,12-15,17-24,29-31H2,1-2H3,(H,54,60,61). The first-order chi connectivity index (χ1) is 30.5. The summed E-state index contributed by atoms with van der Waals surface area (Å²) in [7, 11) is 0. The number of piperazine rings is 1. The van der Waals surface area contributed by atoms with Crippen LogP contribution >= 0.6 is 11.6 Å². The van der Waals surface area contributed by atoms with Crippen LogP contribution < -0.4 is 19.9 Å². The number of carbonyl (C=O) groups is 3. The molecule has 15 heteroatoms. The number of likely N-dealkylation sites (tertiary alicyclic amines) is 1. The zero-order valence-electron chi connectivity index (χ0n) is 36.1. The molecule has 0 bridgehead atoms. The van der Waals surface area contributed by atoms with Gasteiger partial charge in [0.05, 0.1) is 35.1 Å². The highest BCUT2D eigenvalue weighted by molar-refractivity contribution is 6.30. The number of nitriles is 1. The summed E-state index contributed by atoms with van der Waals surface area (Å²) in [5, 5.41) is 12.3. The Bertz CT molecular complexity index is 2380. The van der Waals surface area contributed by atoms with Crippen molar-refractivity contribution in [2.24, 2.45) is 5.92 Å². The normalized spacial score (nSPS) is 20.8. The molecular formula is C48H55ClN10O4. The number of fused-ring (bicyclic) bond motifs is 1. The molecule has 1 atom stereocenters. The van der Waals surface area contributed by atoms with Gasteiger partial charge in [-0.05, 0) is 111 Å². The van der Waals surface area contributed by atoms with Crippen molar-refractivity contribution in [3.8, 4) is 11.8 Å². The number of imide groups is 1. The monoisotopic (exact) mass is 870 g/mol. The van der Waals surface area contributed by atoms with E-state index in [1.807, 2.05) is 48.7 Å². The Morgan fingerprint density at radius 2 is 1.60 bits per heavy atom. The van der Waals surface area contributed by atoms with Crippen molar-refractivity contribution in [3.63, 3.8) is 0 Å². The van der Waals surface area contributed by atoms with Crippen LogP contribution in [0.1, 0.15) is 90.8 Å². The number of nitrogens with zero attached hydrogens (tertiary/aromatic N) is 9. The maximum Gasteiger partial charge on any atom is 0.256 e. The van der Waals surface area contributed by atoms with E-state index in [9.17, 15) is 19.6 Å². The van der Waals surface area contributed by atoms with E-state index in [1.165, 1.54) is 12.8 Å². The highest BCUT2D eigenvalue weighted by Gasteiger charge is 2.40. The van der Waals surface area contributed by atoms with E-state index < -0.39 is 11.9 Å². The second-order valence-electron chi connectivity index (χ2n) is 18.2. The molecule has 2 aromatic carbocycles. The lowest BCUT2D eigenvalue weighted by molar-refractivity contribution is -0.136. The fraction of sp³-hybridized carbons (Fsp3) is 0.479. The molecule has 5 aliphatic rings. The summed E-state index contributed by atoms with van der Waals surface area (Å²) in [4.78, 5) is 63.1. The molecule has 1 unspecified atom stereocenters. The number of hydrogen-bond acceptors (Lipinski definition) is 12. The average molecular weight is 871 g/mol. The van der Waals surface area contributed by atoms with E-state index in [0.29, 0.717) is 53.4 Å². The van der Waals surface area contributed by atoms with Gasteiger partial charge in [0.15, 0.2) is 0 Å². The Hall–Kier alpha value is -5.62. The quantitative estimate of drug-likeness (QED) is 0.188. The lowest BCUT2D eigenvalue weighted by Gasteiger charge is -2.43. The number of anilines is 2. The van der Waals surface area contributed by atoms with Crippen molar-refractivity contribution in [2.45, 2.75) is 83.0 Å². The van der Waals surface area contributed by atoms with E-state index >= 15 is 0 Å². The average Bonchev–Trinajstić information content (AvgIpc) is 3.63. The van der Waals surface area contributed by atoms with Gasteiger partial charge in [-0.25, -0.2) is 15.0 Å². The maximum absolute atomic E-state index is 13.1. The van der Waals surface area contributed by atoms with E-state index in [2.05, 4.69) is 61.9 Å². The van der Waals surface area contributed by atoms with Crippen LogP contribution in [-0.2, 0) is 28.2 Å². The van der Waals surface area contributed by atoms with Crippen LogP contribution in [0, 0.1) is 17.2 Å². The van der Waals surface area contributed by atoms with Crippen LogP contribution in [0.4, 0.5) is 11.8 Å². The molecule has 2 aromatic heterocycles. The SMILES string of the molecule is CC(C)(c1ccc(OCc2ccnc(N3CCC(N4CCC(CN5CCN(c6ccc7c(n6)CN(C6CCC(=O)NC6=O)C7=O)CC5)CC4)CC3)n2)cc1)c1cc(Cl)cc(C#N)c1. The molecule has 5 aliphatic heterocycles. The molecule has 0 aliphatic carbocycles. The maximum atomic E-state index is 13.1. The minimum Gasteiger partial charge on any atom is -0.487 e. The van der Waals surface area contributed by atoms with Gasteiger partial charge in [0.25, 0.3) is 5.91 Å². The molecule has 14 nitrogen and oxygen atoms in total. The second-order valence-corrected chi connectivity index (χ2v) is 18.6. The minimum atomic E-state index is -0.630. The van der Waals surface area contributed by atoms with E-state index in [4.69, 9.17) is 26.3 Å². The van der Waals surface area contributed by atoms with Gasteiger partial charge in [-0.1, -0.05) is 37.6 Å². The van der Waals surface area contributed by atoms with Gasteiger partial charge in [0.2, 0.25) is 17.8 Å². The summed E-state index contributed by atoms with van der Waals surface area (Å²) in [6, 6.07) is 21.4. The van der Waals surface area contributed by atoms with E-state index in [0.717, 1.165) is 106 Å². The molecule has 4 aromatic rings. The number of ether oxygens (including phenoxy) is 1. The minimum absolute atomic E-state index is 0.187. The number of nitrogens with one attached hydrogen (secondary N) is 1. The summed E-state index contributed by atoms with van der Waals surface area (Å²) >= 11 is 6.31. The topological polar surface area (TPSA) is 151 Å². The van der Waals surface area contributed by atoms with Gasteiger partial charge in [-0.3, -0.25) is 24.6 Å². The molecule has 3 amide bonds. The molecule has 328 valence electrons. The van der Waals surface area contributed by atoms with Crippen LogP contribution in [0.5, 0.6) is 5.75 Å². The summed E-state index contributed by atoms with van der Waals surface area (Å²) in [6.45, 7) is 13.9. The molecular weight excluding hydrogens is 816 g/mol. The summed E-state index contributed by atoms with van der Waals surface area (Å²) in [5.74, 6) is 2.23. The molecule has 0 saturated carbocycles. The third-order valence-corrected chi connectivity index (χ3v) is 14.1. The molecule has 0 spiro atoms. The van der Waals surface area contributed by atoms with Gasteiger partial charge in [-0.15, -0.1) is 0 Å². The van der Waals surface area contributed by atoms with Gasteiger partial charge in [0.1, 0.15) is 24.2 Å². The van der Waals surface area contributed by atoms with Gasteiger partial charge >= 0.3 is 0 Å². The molecule has 7 heterocycles. The first-order valence-corrected chi connectivity index (χ1v) is 22.8. The lowest BCUT2D eigenvalue weighted by Crippen LogP contribution is -2.52. The Morgan fingerprint density at radius 3 is 2.33 bits per heavy atom. The van der Waals surface area contributed by atoms with E-state index in [1.54, 1.807) is 11.0 Å². The number of benzene rings is 2. The number of amides is 3. The first-order valence-electron chi connectivity index (χ1n) is 22.4.